The molecule has 3 N–H and O–H groups in total. The number of nitrogens with zero attached hydrogens (tertiary/aromatic N) is 1. The van der Waals surface area contributed by atoms with Crippen molar-refractivity contribution in [2.75, 3.05) is 26.7 Å². The first-order chi connectivity index (χ1) is 15.8. The van der Waals surface area contributed by atoms with E-state index in [1.165, 1.54) is 11.4 Å². The van der Waals surface area contributed by atoms with Crippen molar-refractivity contribution < 1.29 is 22.7 Å². The van der Waals surface area contributed by atoms with Crippen LogP contribution in [-0.2, 0) is 10.2 Å². The van der Waals surface area contributed by atoms with Crippen LogP contribution in [0.15, 0.2) is 18.2 Å². The maximum absolute atomic E-state index is 12.6. The maximum atomic E-state index is 12.6. The molecule has 0 spiro atoms. The van der Waals surface area contributed by atoms with Crippen LogP contribution in [-0.4, -0.2) is 57.4 Å². The van der Waals surface area contributed by atoms with E-state index in [4.69, 9.17) is 16.3 Å². The summed E-state index contributed by atoms with van der Waals surface area (Å²) in [5.74, 6) is 0.479. The Morgan fingerprint density at radius 2 is 1.82 bits per heavy atom. The summed E-state index contributed by atoms with van der Waals surface area (Å²) < 4.78 is 33.8. The van der Waals surface area contributed by atoms with Crippen molar-refractivity contribution in [1.82, 2.24) is 19.7 Å². The van der Waals surface area contributed by atoms with Gasteiger partial charge in [0, 0.05) is 30.7 Å². The van der Waals surface area contributed by atoms with Crippen molar-refractivity contribution >= 4 is 33.7 Å². The van der Waals surface area contributed by atoms with Crippen molar-refractivity contribution in [3.05, 3.63) is 28.8 Å². The topological polar surface area (TPSA) is 117 Å². The van der Waals surface area contributed by atoms with Crippen LogP contribution < -0.4 is 20.1 Å². The highest BCUT2D eigenvalue weighted by atomic mass is 35.5. The highest BCUT2D eigenvalue weighted by molar-refractivity contribution is 7.87. The van der Waals surface area contributed by atoms with Gasteiger partial charge in [-0.3, -0.25) is 4.79 Å². The number of carbonyl (C=O) groups excluding carboxylic acids is 2. The predicted molar refractivity (Wildman–Crippen MR) is 127 cm³/mol. The van der Waals surface area contributed by atoms with Gasteiger partial charge in [0.2, 0.25) is 0 Å². The Kier molecular flexibility index (Phi) is 9.22. The molecule has 0 unspecified atom stereocenters. The monoisotopic (exact) mass is 500 g/mol. The molecule has 2 aliphatic rings. The normalized spacial score (nSPS) is 18.5. The molecule has 3 amide bonds. The zero-order valence-corrected chi connectivity index (χ0v) is 20.5. The fraction of sp³-hybridized carbons (Fsp3) is 0.636. The van der Waals surface area contributed by atoms with Crippen molar-refractivity contribution in [1.29, 1.82) is 0 Å². The summed E-state index contributed by atoms with van der Waals surface area (Å²) in [6.45, 7) is 1.15. The van der Waals surface area contributed by atoms with Crippen LogP contribution in [0.25, 0.3) is 0 Å². The van der Waals surface area contributed by atoms with E-state index < -0.39 is 16.2 Å². The van der Waals surface area contributed by atoms with Crippen LogP contribution in [0.4, 0.5) is 4.79 Å². The van der Waals surface area contributed by atoms with Crippen LogP contribution in [0.2, 0.25) is 5.02 Å². The van der Waals surface area contributed by atoms with Crippen molar-refractivity contribution in [2.24, 2.45) is 5.92 Å². The van der Waals surface area contributed by atoms with Crippen LogP contribution >= 0.6 is 11.6 Å². The van der Waals surface area contributed by atoms with Crippen molar-refractivity contribution in [2.45, 2.75) is 57.4 Å². The third-order valence-corrected chi connectivity index (χ3v) is 8.04. The Balaban J connectivity index is 1.40. The number of benzene rings is 1. The second-order valence-corrected chi connectivity index (χ2v) is 10.8. The van der Waals surface area contributed by atoms with Gasteiger partial charge in [0.05, 0.1) is 12.7 Å². The molecule has 1 saturated carbocycles. The minimum absolute atomic E-state index is 0.0433. The number of ether oxygens (including phenoxy) is 1. The number of hydrogen-bond acceptors (Lipinski definition) is 5. The van der Waals surface area contributed by atoms with Gasteiger partial charge in [-0.15, -0.1) is 0 Å². The lowest BCUT2D eigenvalue weighted by molar-refractivity contribution is 0.0947. The maximum Gasteiger partial charge on any atom is 0.329 e. The lowest BCUT2D eigenvalue weighted by Crippen LogP contribution is -2.51. The largest absolute Gasteiger partial charge is 0.496 e. The highest BCUT2D eigenvalue weighted by Gasteiger charge is 2.30. The van der Waals surface area contributed by atoms with Gasteiger partial charge in [-0.1, -0.05) is 30.9 Å². The fourth-order valence-corrected chi connectivity index (χ4v) is 5.71. The van der Waals surface area contributed by atoms with Gasteiger partial charge in [-0.25, -0.2) is 9.52 Å². The van der Waals surface area contributed by atoms with Crippen LogP contribution in [0.5, 0.6) is 5.75 Å². The average Bonchev–Trinajstić information content (AvgIpc) is 2.79. The highest BCUT2D eigenvalue weighted by Crippen LogP contribution is 2.24. The van der Waals surface area contributed by atoms with E-state index in [9.17, 15) is 18.0 Å². The van der Waals surface area contributed by atoms with Gasteiger partial charge in [-0.2, -0.15) is 12.7 Å². The van der Waals surface area contributed by atoms with Gasteiger partial charge < -0.3 is 15.4 Å². The summed E-state index contributed by atoms with van der Waals surface area (Å²) in [6, 6.07) is 4.27. The third-order valence-electron chi connectivity index (χ3n) is 6.32. The molecule has 1 aliphatic heterocycles. The van der Waals surface area contributed by atoms with Crippen LogP contribution in [0.1, 0.15) is 61.7 Å². The van der Waals surface area contributed by atoms with E-state index in [2.05, 4.69) is 15.4 Å². The number of hydrogen-bond donors (Lipinski definition) is 3. The summed E-state index contributed by atoms with van der Waals surface area (Å²) in [7, 11) is -2.37. The Hall–Kier alpha value is -2.04. The number of urea groups is 1. The van der Waals surface area contributed by atoms with E-state index in [0.29, 0.717) is 48.8 Å². The van der Waals surface area contributed by atoms with Gasteiger partial charge in [0.15, 0.2) is 0 Å². The fourth-order valence-electron chi connectivity index (χ4n) is 4.42. The van der Waals surface area contributed by atoms with Gasteiger partial charge in [-0.05, 0) is 56.2 Å². The van der Waals surface area contributed by atoms with E-state index in [1.54, 1.807) is 18.2 Å². The Morgan fingerprint density at radius 3 is 2.48 bits per heavy atom. The zero-order chi connectivity index (χ0) is 23.8. The first kappa shape index (κ1) is 25.6. The van der Waals surface area contributed by atoms with Crippen molar-refractivity contribution in [3.63, 3.8) is 0 Å². The molecule has 0 bridgehead atoms. The first-order valence-electron chi connectivity index (χ1n) is 11.5. The van der Waals surface area contributed by atoms with Crippen LogP contribution in [0.3, 0.4) is 0 Å². The Bertz CT molecular complexity index is 929. The number of methoxy groups -OCH3 is 1. The minimum Gasteiger partial charge on any atom is -0.496 e. The number of rotatable bonds is 8. The summed E-state index contributed by atoms with van der Waals surface area (Å²) in [4.78, 5) is 24.6. The van der Waals surface area contributed by atoms with Gasteiger partial charge in [0.1, 0.15) is 5.75 Å². The number of piperidine rings is 1. The molecule has 9 nitrogen and oxygen atoms in total. The van der Waals surface area contributed by atoms with E-state index in [1.807, 2.05) is 0 Å². The molecular weight excluding hydrogens is 468 g/mol. The molecule has 11 heteroatoms. The molecule has 1 heterocycles. The number of nitrogens with one attached hydrogen (secondary N) is 3. The molecule has 0 atom stereocenters. The summed E-state index contributed by atoms with van der Waals surface area (Å²) in [5.41, 5.74) is 0.378. The lowest BCUT2D eigenvalue weighted by atomic mass is 9.95. The first-order valence-corrected chi connectivity index (χ1v) is 13.3. The lowest BCUT2D eigenvalue weighted by Gasteiger charge is -2.31. The molecule has 1 aromatic carbocycles. The summed E-state index contributed by atoms with van der Waals surface area (Å²) >= 11 is 5.98. The Morgan fingerprint density at radius 1 is 1.12 bits per heavy atom. The average molecular weight is 501 g/mol. The standard InChI is InChI=1S/C22H33ClN4O5S/c1-32-20-8-7-17(23)15-19(20)21(28)24-12-9-16-10-13-27(14-11-16)33(30,31)26-22(29)25-18-5-3-2-4-6-18/h7-8,15-16,18H,2-6,9-14H2,1H3,(H,24,28)(H2,25,26,29). The third kappa shape index (κ3) is 7.48. The molecule has 1 aromatic rings. The summed E-state index contributed by atoms with van der Waals surface area (Å²) in [5, 5.41) is 6.11. The number of carbonyl (C=O) groups is 2. The molecule has 1 saturated heterocycles. The number of amides is 3. The molecule has 33 heavy (non-hydrogen) atoms. The van der Waals surface area contributed by atoms with Crippen LogP contribution in [0, 0.1) is 5.92 Å². The van der Waals surface area contributed by atoms with Crippen molar-refractivity contribution in [3.8, 4) is 5.75 Å². The van der Waals surface area contributed by atoms with E-state index in [0.717, 1.165) is 38.5 Å². The second kappa shape index (κ2) is 11.9. The van der Waals surface area contributed by atoms with Gasteiger partial charge >= 0.3 is 16.2 Å². The molecule has 0 aromatic heterocycles. The summed E-state index contributed by atoms with van der Waals surface area (Å²) in [6.07, 6.45) is 7.11. The minimum atomic E-state index is -3.86. The quantitative estimate of drug-likeness (QED) is 0.507. The predicted octanol–water partition coefficient (Wildman–Crippen LogP) is 3.06. The SMILES string of the molecule is COc1ccc(Cl)cc1C(=O)NCCC1CCN(S(=O)(=O)NC(=O)NC2CCCCC2)CC1. The zero-order valence-electron chi connectivity index (χ0n) is 18.9. The Labute approximate surface area is 200 Å². The molecule has 1 aliphatic carbocycles. The van der Waals surface area contributed by atoms with E-state index in [-0.39, 0.29) is 17.9 Å². The molecular formula is C22H33ClN4O5S. The molecule has 184 valence electrons. The van der Waals surface area contributed by atoms with E-state index >= 15 is 0 Å². The number of halogens is 1. The second-order valence-electron chi connectivity index (χ2n) is 8.65. The molecule has 3 rings (SSSR count). The van der Waals surface area contributed by atoms with Gasteiger partial charge in [0.25, 0.3) is 5.91 Å². The molecule has 2 fully saturated rings. The smallest absolute Gasteiger partial charge is 0.329 e. The molecule has 0 radical (unpaired) electrons.